The molecule has 0 radical (unpaired) electrons. The van der Waals surface area contributed by atoms with Crippen molar-refractivity contribution in [3.05, 3.63) is 73.0 Å². The van der Waals surface area contributed by atoms with Gasteiger partial charge in [0.25, 0.3) is 0 Å². The zero-order chi connectivity index (χ0) is 13.1. The Hall–Kier alpha value is -2.55. The Morgan fingerprint density at radius 1 is 1.05 bits per heavy atom. The highest BCUT2D eigenvalue weighted by Gasteiger charge is 2.15. The Morgan fingerprint density at radius 3 is 2.79 bits per heavy atom. The minimum absolute atomic E-state index is 0.605. The van der Waals surface area contributed by atoms with Gasteiger partial charge >= 0.3 is 0 Å². The summed E-state index contributed by atoms with van der Waals surface area (Å²) < 4.78 is 11.0. The van der Waals surface area contributed by atoms with Crippen molar-refractivity contribution in [3.8, 4) is 0 Å². The molecule has 0 spiro atoms. The lowest BCUT2D eigenvalue weighted by Gasteiger charge is -2.16. The Balaban J connectivity index is 2.09. The van der Waals surface area contributed by atoms with E-state index in [-0.39, 0.29) is 0 Å². The van der Waals surface area contributed by atoms with Crippen LogP contribution in [0.2, 0.25) is 0 Å². The number of hydrogen-bond donors (Lipinski definition) is 0. The molecule has 2 heterocycles. The number of pyridine rings is 1. The van der Waals surface area contributed by atoms with Gasteiger partial charge in [0.1, 0.15) is 18.2 Å². The van der Waals surface area contributed by atoms with Gasteiger partial charge in [0.05, 0.1) is 5.52 Å². The van der Waals surface area contributed by atoms with E-state index in [1.807, 2.05) is 36.4 Å². The van der Waals surface area contributed by atoms with Crippen molar-refractivity contribution in [3.63, 3.8) is 0 Å². The van der Waals surface area contributed by atoms with Crippen molar-refractivity contribution in [2.45, 2.75) is 6.42 Å². The van der Waals surface area contributed by atoms with Crippen molar-refractivity contribution >= 4 is 16.7 Å². The maximum Gasteiger partial charge on any atom is 0.190 e. The number of ether oxygens (including phenoxy) is 2. The Kier molecular flexibility index (Phi) is 3.02. The molecule has 3 heteroatoms. The first-order chi connectivity index (χ1) is 9.38. The van der Waals surface area contributed by atoms with Crippen LogP contribution in [0.1, 0.15) is 12.1 Å². The third-order valence-corrected chi connectivity index (χ3v) is 2.87. The number of aromatic nitrogens is 1. The van der Waals surface area contributed by atoms with Crippen LogP contribution in [0.4, 0.5) is 0 Å². The summed E-state index contributed by atoms with van der Waals surface area (Å²) >= 11 is 0. The average Bonchev–Trinajstić information content (AvgIpc) is 2.48. The third kappa shape index (κ3) is 2.22. The Morgan fingerprint density at radius 2 is 1.89 bits per heavy atom. The van der Waals surface area contributed by atoms with Gasteiger partial charge in [-0.25, -0.2) is 4.98 Å². The van der Waals surface area contributed by atoms with Crippen LogP contribution >= 0.6 is 0 Å². The number of benzene rings is 1. The quantitative estimate of drug-likeness (QED) is 0.773. The van der Waals surface area contributed by atoms with Gasteiger partial charge in [0.15, 0.2) is 11.5 Å². The van der Waals surface area contributed by atoms with Gasteiger partial charge in [0, 0.05) is 11.8 Å². The zero-order valence-electron chi connectivity index (χ0n) is 10.4. The first-order valence-electron chi connectivity index (χ1n) is 6.07. The van der Waals surface area contributed by atoms with Crippen LogP contribution in [-0.2, 0) is 9.47 Å². The summed E-state index contributed by atoms with van der Waals surface area (Å²) in [7, 11) is 0. The van der Waals surface area contributed by atoms with Crippen LogP contribution in [0.3, 0.4) is 0 Å². The van der Waals surface area contributed by atoms with Crippen LogP contribution in [-0.4, -0.2) is 4.98 Å². The molecular weight excluding hydrogens is 238 g/mol. The second kappa shape index (κ2) is 4.98. The molecule has 1 aromatic carbocycles. The molecule has 3 rings (SSSR count). The summed E-state index contributed by atoms with van der Waals surface area (Å²) in [5, 5.41) is 1.10. The molecule has 0 saturated heterocycles. The lowest BCUT2D eigenvalue weighted by Crippen LogP contribution is -2.01. The minimum atomic E-state index is 0.605. The molecule has 2 aromatic rings. The average molecular weight is 251 g/mol. The Labute approximate surface area is 111 Å². The summed E-state index contributed by atoms with van der Waals surface area (Å²) in [6.07, 6.45) is 5.41. The number of nitrogens with zero attached hydrogens (tertiary/aromatic N) is 1. The molecule has 94 valence electrons. The van der Waals surface area contributed by atoms with Crippen molar-refractivity contribution in [2.75, 3.05) is 0 Å². The first-order valence-corrected chi connectivity index (χ1v) is 6.07. The minimum Gasteiger partial charge on any atom is -0.462 e. The van der Waals surface area contributed by atoms with Gasteiger partial charge in [0.2, 0.25) is 0 Å². The summed E-state index contributed by atoms with van der Waals surface area (Å²) in [6.45, 7) is 3.72. The lowest BCUT2D eigenvalue weighted by molar-refractivity contribution is 0.270. The highest BCUT2D eigenvalue weighted by atomic mass is 16.5. The molecule has 0 saturated carbocycles. The van der Waals surface area contributed by atoms with Gasteiger partial charge < -0.3 is 9.47 Å². The van der Waals surface area contributed by atoms with Gasteiger partial charge in [-0.1, -0.05) is 30.3 Å². The molecule has 0 bridgehead atoms. The topological polar surface area (TPSA) is 31.4 Å². The number of hydrogen-bond acceptors (Lipinski definition) is 3. The van der Waals surface area contributed by atoms with E-state index in [2.05, 4.69) is 11.6 Å². The summed E-state index contributed by atoms with van der Waals surface area (Å²) in [4.78, 5) is 4.60. The summed E-state index contributed by atoms with van der Waals surface area (Å²) in [5.41, 5.74) is 1.70. The van der Waals surface area contributed by atoms with E-state index in [0.29, 0.717) is 12.2 Å². The second-order valence-corrected chi connectivity index (χ2v) is 4.14. The van der Waals surface area contributed by atoms with Crippen molar-refractivity contribution in [1.29, 1.82) is 0 Å². The largest absolute Gasteiger partial charge is 0.462 e. The van der Waals surface area contributed by atoms with E-state index < -0.39 is 0 Å². The summed E-state index contributed by atoms with van der Waals surface area (Å²) in [5.74, 6) is 1.37. The van der Waals surface area contributed by atoms with Crippen LogP contribution in [0.5, 0.6) is 0 Å². The molecule has 1 aliphatic heterocycles. The number of allylic oxidation sites excluding steroid dienone is 1. The van der Waals surface area contributed by atoms with Gasteiger partial charge in [-0.15, -0.1) is 6.58 Å². The van der Waals surface area contributed by atoms with Gasteiger partial charge in [-0.2, -0.15) is 0 Å². The number of para-hydroxylation sites is 1. The van der Waals surface area contributed by atoms with Crippen LogP contribution < -0.4 is 0 Å². The van der Waals surface area contributed by atoms with Crippen molar-refractivity contribution in [2.24, 2.45) is 0 Å². The second-order valence-electron chi connectivity index (χ2n) is 4.14. The highest BCUT2D eigenvalue weighted by molar-refractivity contribution is 5.80. The molecule has 0 aliphatic carbocycles. The maximum atomic E-state index is 5.54. The molecule has 0 atom stereocenters. The first kappa shape index (κ1) is 11.5. The maximum absolute atomic E-state index is 5.54. The standard InChI is InChI=1S/C16H13NO2/c1-2-5-15-16(19-11-10-18-15)14-9-8-12-6-3-4-7-13(12)17-14/h2-4,6-11H,1,5H2. The summed E-state index contributed by atoms with van der Waals surface area (Å²) in [6, 6.07) is 11.9. The fourth-order valence-electron chi connectivity index (χ4n) is 1.99. The van der Waals surface area contributed by atoms with Gasteiger partial charge in [-0.3, -0.25) is 0 Å². The predicted molar refractivity (Wildman–Crippen MR) is 74.8 cm³/mol. The normalized spacial score (nSPS) is 14.1. The molecule has 0 fully saturated rings. The van der Waals surface area contributed by atoms with Crippen LogP contribution in [0.25, 0.3) is 16.7 Å². The van der Waals surface area contributed by atoms with E-state index in [4.69, 9.17) is 9.47 Å². The molecule has 1 aliphatic rings. The fraction of sp³-hybridized carbons (Fsp3) is 0.0625. The number of fused-ring (bicyclic) bond motifs is 1. The molecule has 1 aromatic heterocycles. The number of rotatable bonds is 3. The van der Waals surface area contributed by atoms with Crippen LogP contribution in [0, 0.1) is 0 Å². The zero-order valence-corrected chi connectivity index (χ0v) is 10.4. The third-order valence-electron chi connectivity index (χ3n) is 2.87. The smallest absolute Gasteiger partial charge is 0.190 e. The van der Waals surface area contributed by atoms with Gasteiger partial charge in [-0.05, 0) is 12.1 Å². The van der Waals surface area contributed by atoms with Crippen LogP contribution in [0.15, 0.2) is 67.3 Å². The molecule has 3 nitrogen and oxygen atoms in total. The fourth-order valence-corrected chi connectivity index (χ4v) is 1.99. The van der Waals surface area contributed by atoms with Crippen molar-refractivity contribution < 1.29 is 9.47 Å². The van der Waals surface area contributed by atoms with E-state index >= 15 is 0 Å². The lowest BCUT2D eigenvalue weighted by atomic mass is 10.1. The van der Waals surface area contributed by atoms with E-state index in [0.717, 1.165) is 22.4 Å². The molecular formula is C16H13NO2. The van der Waals surface area contributed by atoms with E-state index in [1.54, 1.807) is 6.08 Å². The van der Waals surface area contributed by atoms with Crippen molar-refractivity contribution in [1.82, 2.24) is 4.98 Å². The monoisotopic (exact) mass is 251 g/mol. The molecule has 0 N–H and O–H groups in total. The van der Waals surface area contributed by atoms with E-state index in [1.165, 1.54) is 12.5 Å². The molecule has 0 unspecified atom stereocenters. The molecule has 0 amide bonds. The SMILES string of the molecule is C=CCC1=C(c2ccc3ccccc3n2)OC=CO1. The predicted octanol–water partition coefficient (Wildman–Crippen LogP) is 4.00. The molecule has 19 heavy (non-hydrogen) atoms. The Bertz CT molecular complexity index is 682. The van der Waals surface area contributed by atoms with E-state index in [9.17, 15) is 0 Å². The highest BCUT2D eigenvalue weighted by Crippen LogP contribution is 2.27.